The Bertz CT molecular complexity index is 497. The molecule has 0 saturated heterocycles. The number of nitro groups is 2. The van der Waals surface area contributed by atoms with E-state index < -0.39 is 38.4 Å². The van der Waals surface area contributed by atoms with Gasteiger partial charge in [-0.15, -0.1) is 0 Å². The van der Waals surface area contributed by atoms with Crippen LogP contribution in [0.5, 0.6) is 0 Å². The van der Waals surface area contributed by atoms with Gasteiger partial charge in [0, 0.05) is 6.07 Å². The van der Waals surface area contributed by atoms with Gasteiger partial charge in [-0.2, -0.15) is 0 Å². The summed E-state index contributed by atoms with van der Waals surface area (Å²) in [5.41, 5.74) is 2.40. The molecule has 0 aliphatic carbocycles. The second-order valence-corrected chi connectivity index (χ2v) is 2.75. The molecule has 9 nitrogen and oxygen atoms in total. The molecule has 84 valence electrons. The number of nitrogens with zero attached hydrogens (tertiary/aromatic N) is 2. The molecular formula is C7H5N3O6. The molecule has 0 spiro atoms. The van der Waals surface area contributed by atoms with Crippen LogP contribution in [0.25, 0.3) is 0 Å². The standard InChI is InChI=1S/C7H5N3O6/c8-4-1-3(9(13)14)2-5(10(15)16)6(4)7(11)12/h1-2H,8H2,(H,11,12). The highest BCUT2D eigenvalue weighted by Gasteiger charge is 2.27. The third-order valence-electron chi connectivity index (χ3n) is 1.75. The predicted molar refractivity (Wildman–Crippen MR) is 51.1 cm³/mol. The molecule has 0 fully saturated rings. The van der Waals surface area contributed by atoms with Gasteiger partial charge in [0.25, 0.3) is 11.4 Å². The molecule has 0 atom stereocenters. The Morgan fingerprint density at radius 2 is 1.81 bits per heavy atom. The smallest absolute Gasteiger partial charge is 0.344 e. The van der Waals surface area contributed by atoms with Gasteiger partial charge >= 0.3 is 5.97 Å². The van der Waals surface area contributed by atoms with Crippen molar-refractivity contribution in [3.63, 3.8) is 0 Å². The Balaban J connectivity index is 3.58. The number of benzene rings is 1. The number of carboxylic acid groups (broad SMARTS) is 1. The van der Waals surface area contributed by atoms with E-state index in [1.807, 2.05) is 0 Å². The molecule has 3 N–H and O–H groups in total. The van der Waals surface area contributed by atoms with Crippen LogP contribution in [0.15, 0.2) is 12.1 Å². The number of carbonyl (C=O) groups is 1. The molecule has 1 rings (SSSR count). The Kier molecular flexibility index (Phi) is 2.70. The Hall–Kier alpha value is -2.71. The highest BCUT2D eigenvalue weighted by atomic mass is 16.6. The summed E-state index contributed by atoms with van der Waals surface area (Å²) >= 11 is 0. The number of carboxylic acids is 1. The van der Waals surface area contributed by atoms with Crippen molar-refractivity contribution in [3.05, 3.63) is 37.9 Å². The lowest BCUT2D eigenvalue weighted by Gasteiger charge is -2.01. The quantitative estimate of drug-likeness (QED) is 0.439. The summed E-state index contributed by atoms with van der Waals surface area (Å²) < 4.78 is 0. The third kappa shape index (κ3) is 1.87. The lowest BCUT2D eigenvalue weighted by molar-refractivity contribution is -0.394. The largest absolute Gasteiger partial charge is 0.477 e. The van der Waals surface area contributed by atoms with Crippen molar-refractivity contribution >= 4 is 23.0 Å². The van der Waals surface area contributed by atoms with Crippen LogP contribution < -0.4 is 5.73 Å². The summed E-state index contributed by atoms with van der Waals surface area (Å²) in [6, 6.07) is 1.32. The van der Waals surface area contributed by atoms with Crippen molar-refractivity contribution in [2.24, 2.45) is 0 Å². The lowest BCUT2D eigenvalue weighted by Crippen LogP contribution is -2.07. The predicted octanol–water partition coefficient (Wildman–Crippen LogP) is 0.783. The van der Waals surface area contributed by atoms with E-state index in [9.17, 15) is 25.0 Å². The first-order valence-electron chi connectivity index (χ1n) is 3.80. The topological polar surface area (TPSA) is 150 Å². The van der Waals surface area contributed by atoms with Gasteiger partial charge in [0.15, 0.2) is 5.56 Å². The summed E-state index contributed by atoms with van der Waals surface area (Å²) in [5, 5.41) is 29.6. The number of anilines is 1. The fraction of sp³-hybridized carbons (Fsp3) is 0. The molecule has 1 aromatic rings. The van der Waals surface area contributed by atoms with Gasteiger partial charge in [-0.05, 0) is 0 Å². The maximum Gasteiger partial charge on any atom is 0.344 e. The van der Waals surface area contributed by atoms with E-state index in [0.717, 1.165) is 6.07 Å². The lowest BCUT2D eigenvalue weighted by atomic mass is 10.1. The molecule has 0 aromatic heterocycles. The SMILES string of the molecule is Nc1cc([N+](=O)[O-])cc([N+](=O)[O-])c1C(=O)O. The number of nitrogens with two attached hydrogens (primary N) is 1. The second kappa shape index (κ2) is 3.81. The van der Waals surface area contributed by atoms with Crippen LogP contribution in [0.3, 0.4) is 0 Å². The average molecular weight is 227 g/mol. The molecule has 0 unspecified atom stereocenters. The molecule has 0 aliphatic heterocycles. The maximum absolute atomic E-state index is 10.7. The van der Waals surface area contributed by atoms with Crippen molar-refractivity contribution in [1.29, 1.82) is 0 Å². The third-order valence-corrected chi connectivity index (χ3v) is 1.75. The van der Waals surface area contributed by atoms with Gasteiger partial charge in [0.2, 0.25) is 0 Å². The highest BCUT2D eigenvalue weighted by molar-refractivity contribution is 5.98. The minimum atomic E-state index is -1.61. The Morgan fingerprint density at radius 1 is 1.25 bits per heavy atom. The van der Waals surface area contributed by atoms with Crippen LogP contribution in [0, 0.1) is 20.2 Å². The van der Waals surface area contributed by atoms with Crippen LogP contribution >= 0.6 is 0 Å². The molecule has 0 heterocycles. The Morgan fingerprint density at radius 3 is 2.19 bits per heavy atom. The first-order valence-corrected chi connectivity index (χ1v) is 3.80. The fourth-order valence-corrected chi connectivity index (χ4v) is 1.12. The van der Waals surface area contributed by atoms with Crippen molar-refractivity contribution < 1.29 is 19.7 Å². The number of aromatic carboxylic acids is 1. The molecule has 0 radical (unpaired) electrons. The van der Waals surface area contributed by atoms with E-state index in [2.05, 4.69) is 0 Å². The second-order valence-electron chi connectivity index (χ2n) is 2.75. The zero-order chi connectivity index (χ0) is 12.5. The number of hydrogen-bond acceptors (Lipinski definition) is 6. The average Bonchev–Trinajstić information content (AvgIpc) is 2.15. The van der Waals surface area contributed by atoms with Gasteiger partial charge in [0.1, 0.15) is 0 Å². The summed E-state index contributed by atoms with van der Waals surface area (Å²) in [6.45, 7) is 0. The Labute approximate surface area is 87.4 Å². The van der Waals surface area contributed by atoms with Gasteiger partial charge in [-0.1, -0.05) is 0 Å². The minimum absolute atomic E-state index is 0.520. The monoisotopic (exact) mass is 227 g/mol. The van der Waals surface area contributed by atoms with Crippen molar-refractivity contribution in [3.8, 4) is 0 Å². The van der Waals surface area contributed by atoms with E-state index >= 15 is 0 Å². The number of nitrogen functional groups attached to an aromatic ring is 1. The number of rotatable bonds is 3. The first kappa shape index (κ1) is 11.4. The van der Waals surface area contributed by atoms with Gasteiger partial charge < -0.3 is 10.8 Å². The molecule has 0 bridgehead atoms. The van der Waals surface area contributed by atoms with Crippen LogP contribution in [0.2, 0.25) is 0 Å². The van der Waals surface area contributed by atoms with Crippen LogP contribution in [-0.2, 0) is 0 Å². The zero-order valence-corrected chi connectivity index (χ0v) is 7.61. The van der Waals surface area contributed by atoms with E-state index in [4.69, 9.17) is 10.8 Å². The van der Waals surface area contributed by atoms with Gasteiger partial charge in [0.05, 0.1) is 21.6 Å². The molecule has 0 saturated carbocycles. The molecule has 1 aromatic carbocycles. The molecule has 0 aliphatic rings. The molecular weight excluding hydrogens is 222 g/mol. The van der Waals surface area contributed by atoms with Gasteiger partial charge in [-0.3, -0.25) is 20.2 Å². The number of non-ortho nitro benzene ring substituents is 1. The number of hydrogen-bond donors (Lipinski definition) is 2. The van der Waals surface area contributed by atoms with Crippen LogP contribution in [0.4, 0.5) is 17.1 Å². The molecule has 16 heavy (non-hydrogen) atoms. The van der Waals surface area contributed by atoms with Gasteiger partial charge in [-0.25, -0.2) is 4.79 Å². The maximum atomic E-state index is 10.7. The van der Waals surface area contributed by atoms with Crippen molar-refractivity contribution in [2.75, 3.05) is 5.73 Å². The summed E-state index contributed by atoms with van der Waals surface area (Å²) in [4.78, 5) is 29.7. The molecule has 9 heteroatoms. The summed E-state index contributed by atoms with van der Waals surface area (Å²) in [5.74, 6) is -1.61. The summed E-state index contributed by atoms with van der Waals surface area (Å²) in [7, 11) is 0. The normalized spacial score (nSPS) is 9.75. The van der Waals surface area contributed by atoms with E-state index in [1.54, 1.807) is 0 Å². The van der Waals surface area contributed by atoms with Crippen LogP contribution in [0.1, 0.15) is 10.4 Å². The van der Waals surface area contributed by atoms with E-state index in [1.165, 1.54) is 0 Å². The highest BCUT2D eigenvalue weighted by Crippen LogP contribution is 2.30. The fourth-order valence-electron chi connectivity index (χ4n) is 1.12. The summed E-state index contributed by atoms with van der Waals surface area (Å²) in [6.07, 6.45) is 0. The van der Waals surface area contributed by atoms with Crippen molar-refractivity contribution in [1.82, 2.24) is 0 Å². The first-order chi connectivity index (χ1) is 7.34. The van der Waals surface area contributed by atoms with E-state index in [0.29, 0.717) is 6.07 Å². The van der Waals surface area contributed by atoms with E-state index in [-0.39, 0.29) is 0 Å². The minimum Gasteiger partial charge on any atom is -0.477 e. The number of nitro benzene ring substituents is 2. The van der Waals surface area contributed by atoms with Crippen LogP contribution in [-0.4, -0.2) is 20.9 Å². The van der Waals surface area contributed by atoms with Crippen molar-refractivity contribution in [2.45, 2.75) is 0 Å². The zero-order valence-electron chi connectivity index (χ0n) is 7.61. The molecule has 0 amide bonds.